The molecule has 88 valence electrons. The van der Waals surface area contributed by atoms with Crippen LogP contribution in [0, 0.1) is 0 Å². The number of hydrogen-bond acceptors (Lipinski definition) is 3. The van der Waals surface area contributed by atoms with E-state index >= 15 is 0 Å². The van der Waals surface area contributed by atoms with E-state index in [9.17, 15) is 0 Å². The summed E-state index contributed by atoms with van der Waals surface area (Å²) >= 11 is 0. The van der Waals surface area contributed by atoms with Gasteiger partial charge in [0.25, 0.3) is 0 Å². The predicted octanol–water partition coefficient (Wildman–Crippen LogP) is 3.09. The van der Waals surface area contributed by atoms with Crippen LogP contribution in [0.25, 0.3) is 0 Å². The monoisotopic (exact) mass is 228 g/mol. The Morgan fingerprint density at radius 3 is 2.76 bits per heavy atom. The van der Waals surface area contributed by atoms with Crippen molar-refractivity contribution in [2.75, 3.05) is 5.73 Å². The van der Waals surface area contributed by atoms with Crippen LogP contribution >= 0.6 is 0 Å². The van der Waals surface area contributed by atoms with Gasteiger partial charge in [0, 0.05) is 11.5 Å². The summed E-state index contributed by atoms with van der Waals surface area (Å²) in [5.74, 6) is 1.57. The van der Waals surface area contributed by atoms with E-state index in [0.717, 1.165) is 24.1 Å². The van der Waals surface area contributed by atoms with Crippen molar-refractivity contribution in [3.63, 3.8) is 0 Å². The summed E-state index contributed by atoms with van der Waals surface area (Å²) in [6, 6.07) is 10.6. The highest BCUT2D eigenvalue weighted by Gasteiger charge is 2.43. The number of benzene rings is 1. The Kier molecular flexibility index (Phi) is 2.39. The van der Waals surface area contributed by atoms with E-state index in [-0.39, 0.29) is 0 Å². The van der Waals surface area contributed by atoms with Gasteiger partial charge in [-0.05, 0) is 24.3 Å². The van der Waals surface area contributed by atoms with Gasteiger partial charge in [0.2, 0.25) is 5.88 Å². The van der Waals surface area contributed by atoms with E-state index in [2.05, 4.69) is 36.3 Å². The minimum absolute atomic E-state index is 0.487. The fourth-order valence-electron chi connectivity index (χ4n) is 2.55. The smallest absolute Gasteiger partial charge is 0.225 e. The van der Waals surface area contributed by atoms with Crippen molar-refractivity contribution in [2.45, 2.75) is 31.6 Å². The lowest BCUT2D eigenvalue weighted by atomic mass is 10.0. The molecular weight excluding hydrogens is 212 g/mol. The van der Waals surface area contributed by atoms with Gasteiger partial charge >= 0.3 is 0 Å². The van der Waals surface area contributed by atoms with Gasteiger partial charge in [-0.25, -0.2) is 0 Å². The summed E-state index contributed by atoms with van der Waals surface area (Å²) in [7, 11) is 0. The van der Waals surface area contributed by atoms with E-state index in [1.807, 2.05) is 6.07 Å². The van der Waals surface area contributed by atoms with Crippen LogP contribution < -0.4 is 5.73 Å². The Morgan fingerprint density at radius 2 is 2.06 bits per heavy atom. The molecule has 0 spiro atoms. The van der Waals surface area contributed by atoms with Crippen molar-refractivity contribution in [1.82, 2.24) is 5.16 Å². The second-order valence-corrected chi connectivity index (χ2v) is 4.62. The molecular formula is C14H16N2O. The first kappa shape index (κ1) is 10.4. The predicted molar refractivity (Wildman–Crippen MR) is 66.8 cm³/mol. The average Bonchev–Trinajstić information content (AvgIpc) is 3.08. The molecule has 3 nitrogen and oxygen atoms in total. The average molecular weight is 228 g/mol. The van der Waals surface area contributed by atoms with Crippen LogP contribution in [0.5, 0.6) is 0 Å². The largest absolute Gasteiger partial charge is 0.367 e. The Morgan fingerprint density at radius 1 is 1.29 bits per heavy atom. The van der Waals surface area contributed by atoms with Crippen molar-refractivity contribution in [2.24, 2.45) is 0 Å². The molecule has 1 aliphatic carbocycles. The number of anilines is 1. The first-order valence-electron chi connectivity index (χ1n) is 6.10. The fraction of sp³-hybridized carbons (Fsp3) is 0.357. The molecule has 3 heteroatoms. The standard InChI is InChI=1S/C14H16N2O/c1-2-10-13(16-17-14(10)15)12-8-11(12)9-6-4-3-5-7-9/h3-7,11-12H,2,8,15H2,1H3. The molecule has 0 bridgehead atoms. The molecule has 2 atom stereocenters. The molecule has 1 aromatic heterocycles. The molecule has 3 rings (SSSR count). The van der Waals surface area contributed by atoms with E-state index in [1.54, 1.807) is 0 Å². The Bertz CT molecular complexity index is 518. The molecule has 0 radical (unpaired) electrons. The zero-order valence-electron chi connectivity index (χ0n) is 9.89. The normalized spacial score (nSPS) is 22.6. The lowest BCUT2D eigenvalue weighted by molar-refractivity contribution is 0.427. The maximum absolute atomic E-state index is 5.77. The Labute approximate surface area is 101 Å². The molecule has 2 unspecified atom stereocenters. The van der Waals surface area contributed by atoms with Gasteiger partial charge in [-0.15, -0.1) is 0 Å². The molecule has 0 saturated heterocycles. The van der Waals surface area contributed by atoms with Crippen LogP contribution in [0.2, 0.25) is 0 Å². The molecule has 1 fully saturated rings. The van der Waals surface area contributed by atoms with Gasteiger partial charge in [-0.2, -0.15) is 0 Å². The quantitative estimate of drug-likeness (QED) is 0.878. The highest BCUT2D eigenvalue weighted by Crippen LogP contribution is 2.55. The van der Waals surface area contributed by atoms with Crippen LogP contribution in [0.4, 0.5) is 5.88 Å². The summed E-state index contributed by atoms with van der Waals surface area (Å²) in [6.07, 6.45) is 2.05. The van der Waals surface area contributed by atoms with Crippen molar-refractivity contribution in [3.8, 4) is 0 Å². The molecule has 2 N–H and O–H groups in total. The molecule has 0 amide bonds. The van der Waals surface area contributed by atoms with E-state index in [0.29, 0.717) is 17.7 Å². The molecule has 0 aliphatic heterocycles. The SMILES string of the molecule is CCc1c(C2CC2c2ccccc2)noc1N. The van der Waals surface area contributed by atoms with Gasteiger partial charge < -0.3 is 10.3 Å². The van der Waals surface area contributed by atoms with Crippen LogP contribution in [-0.2, 0) is 6.42 Å². The summed E-state index contributed by atoms with van der Waals surface area (Å²) in [6.45, 7) is 2.09. The highest BCUT2D eigenvalue weighted by molar-refractivity contribution is 5.45. The summed E-state index contributed by atoms with van der Waals surface area (Å²) in [5.41, 5.74) is 9.32. The van der Waals surface area contributed by atoms with Gasteiger partial charge in [0.05, 0.1) is 5.69 Å². The minimum Gasteiger partial charge on any atom is -0.367 e. The number of nitrogens with zero attached hydrogens (tertiary/aromatic N) is 1. The summed E-state index contributed by atoms with van der Waals surface area (Å²) in [4.78, 5) is 0. The Hall–Kier alpha value is -1.77. The van der Waals surface area contributed by atoms with Crippen LogP contribution in [-0.4, -0.2) is 5.16 Å². The van der Waals surface area contributed by atoms with Crippen LogP contribution in [0.15, 0.2) is 34.9 Å². The number of hydrogen-bond donors (Lipinski definition) is 1. The van der Waals surface area contributed by atoms with Crippen molar-refractivity contribution < 1.29 is 4.52 Å². The molecule has 1 heterocycles. The fourth-order valence-corrected chi connectivity index (χ4v) is 2.55. The third-order valence-electron chi connectivity index (χ3n) is 3.57. The minimum atomic E-state index is 0.487. The third-order valence-corrected chi connectivity index (χ3v) is 3.57. The highest BCUT2D eigenvalue weighted by atomic mass is 16.5. The van der Waals surface area contributed by atoms with E-state index in [4.69, 9.17) is 10.3 Å². The zero-order chi connectivity index (χ0) is 11.8. The van der Waals surface area contributed by atoms with Crippen molar-refractivity contribution >= 4 is 5.88 Å². The maximum atomic E-state index is 5.77. The molecule has 2 aromatic rings. The lowest BCUT2D eigenvalue weighted by Crippen LogP contribution is -1.93. The summed E-state index contributed by atoms with van der Waals surface area (Å²) in [5, 5.41) is 4.12. The van der Waals surface area contributed by atoms with Crippen LogP contribution in [0.1, 0.15) is 42.0 Å². The van der Waals surface area contributed by atoms with Crippen molar-refractivity contribution in [1.29, 1.82) is 0 Å². The second-order valence-electron chi connectivity index (χ2n) is 4.62. The van der Waals surface area contributed by atoms with Gasteiger partial charge in [0.15, 0.2) is 0 Å². The third kappa shape index (κ3) is 1.71. The zero-order valence-corrected chi connectivity index (χ0v) is 9.89. The Balaban J connectivity index is 1.85. The van der Waals surface area contributed by atoms with Gasteiger partial charge in [-0.3, -0.25) is 0 Å². The maximum Gasteiger partial charge on any atom is 0.225 e. The number of nitrogens with two attached hydrogens (primary N) is 1. The van der Waals surface area contributed by atoms with E-state index < -0.39 is 0 Å². The lowest BCUT2D eigenvalue weighted by Gasteiger charge is -1.99. The number of aromatic nitrogens is 1. The molecule has 1 aliphatic rings. The van der Waals surface area contributed by atoms with Gasteiger partial charge in [-0.1, -0.05) is 42.4 Å². The number of rotatable bonds is 3. The van der Waals surface area contributed by atoms with Crippen LogP contribution in [0.3, 0.4) is 0 Å². The molecule has 1 saturated carbocycles. The summed E-state index contributed by atoms with van der Waals surface area (Å²) < 4.78 is 5.10. The van der Waals surface area contributed by atoms with E-state index in [1.165, 1.54) is 5.56 Å². The second kappa shape index (κ2) is 3.91. The molecule has 1 aromatic carbocycles. The van der Waals surface area contributed by atoms with Gasteiger partial charge in [0.1, 0.15) is 0 Å². The van der Waals surface area contributed by atoms with Crippen molar-refractivity contribution in [3.05, 3.63) is 47.2 Å². The first-order chi connectivity index (χ1) is 8.31. The number of nitrogen functional groups attached to an aromatic ring is 1. The topological polar surface area (TPSA) is 52.0 Å². The first-order valence-corrected chi connectivity index (χ1v) is 6.10. The molecule has 17 heavy (non-hydrogen) atoms.